The fraction of sp³-hybridized carbons (Fsp3) is 0.379. The zero-order valence-electron chi connectivity index (χ0n) is 21.9. The number of amidine groups is 1. The first-order valence-electron chi connectivity index (χ1n) is 13.2. The van der Waals surface area contributed by atoms with Crippen molar-refractivity contribution in [2.75, 3.05) is 32.8 Å². The molecule has 2 aromatic carbocycles. The molecule has 2 aliphatic rings. The average Bonchev–Trinajstić information content (AvgIpc) is 3.40. The summed E-state index contributed by atoms with van der Waals surface area (Å²) in [7, 11) is 0. The molecular weight excluding hydrogens is 482 g/mol. The van der Waals surface area contributed by atoms with Gasteiger partial charge < -0.3 is 14.5 Å². The van der Waals surface area contributed by atoms with Crippen molar-refractivity contribution in [3.63, 3.8) is 0 Å². The Balaban J connectivity index is 1.48. The smallest absolute Gasteiger partial charge is 0.378 e. The molecule has 198 valence electrons. The quantitative estimate of drug-likeness (QED) is 0.481. The molecule has 1 aromatic heterocycles. The number of amides is 1. The molecule has 0 radical (unpaired) electrons. The molecule has 0 unspecified atom stereocenters. The van der Waals surface area contributed by atoms with Crippen molar-refractivity contribution < 1.29 is 14.1 Å². The van der Waals surface area contributed by atoms with Crippen LogP contribution in [0.15, 0.2) is 74.1 Å². The van der Waals surface area contributed by atoms with E-state index in [4.69, 9.17) is 14.3 Å². The number of ether oxygens (including phenoxy) is 1. The molecule has 1 fully saturated rings. The first-order valence-corrected chi connectivity index (χ1v) is 13.2. The van der Waals surface area contributed by atoms with Gasteiger partial charge in [-0.05, 0) is 35.6 Å². The summed E-state index contributed by atoms with van der Waals surface area (Å²) >= 11 is 0. The summed E-state index contributed by atoms with van der Waals surface area (Å²) in [5.74, 6) is 0.829. The predicted molar refractivity (Wildman–Crippen MR) is 145 cm³/mol. The molecule has 3 heterocycles. The lowest BCUT2D eigenvalue weighted by Crippen LogP contribution is -2.45. The summed E-state index contributed by atoms with van der Waals surface area (Å²) in [6.07, 6.45) is 2.49. The minimum absolute atomic E-state index is 0.0507. The molecule has 9 nitrogen and oxygen atoms in total. The van der Waals surface area contributed by atoms with Crippen LogP contribution in [0.25, 0.3) is 22.5 Å². The summed E-state index contributed by atoms with van der Waals surface area (Å²) < 4.78 is 10.3. The van der Waals surface area contributed by atoms with Gasteiger partial charge in [0.15, 0.2) is 5.82 Å². The average molecular weight is 516 g/mol. The Morgan fingerprint density at radius 1 is 1.05 bits per heavy atom. The second-order valence-corrected chi connectivity index (χ2v) is 9.51. The molecule has 5 rings (SSSR count). The molecule has 0 atom stereocenters. The number of carbonyl (C=O) groups is 1. The van der Waals surface area contributed by atoms with Crippen molar-refractivity contribution in [2.45, 2.75) is 39.7 Å². The molecule has 1 N–H and O–H groups in total. The number of aromatic amines is 1. The summed E-state index contributed by atoms with van der Waals surface area (Å²) in [6.45, 7) is 7.60. The number of benzene rings is 2. The third kappa shape index (κ3) is 5.47. The third-order valence-electron chi connectivity index (χ3n) is 6.93. The number of hydrogen-bond acceptors (Lipinski definition) is 7. The number of aromatic nitrogens is 2. The lowest BCUT2D eigenvalue weighted by molar-refractivity contribution is -0.131. The monoisotopic (exact) mass is 515 g/mol. The van der Waals surface area contributed by atoms with Gasteiger partial charge in [0, 0.05) is 31.6 Å². The van der Waals surface area contributed by atoms with E-state index in [2.05, 4.69) is 35.0 Å². The highest BCUT2D eigenvalue weighted by Gasteiger charge is 2.29. The molecule has 2 aliphatic heterocycles. The summed E-state index contributed by atoms with van der Waals surface area (Å²) in [4.78, 5) is 37.0. The van der Waals surface area contributed by atoms with E-state index in [1.807, 2.05) is 47.4 Å². The Kier molecular flexibility index (Phi) is 7.83. The van der Waals surface area contributed by atoms with Crippen molar-refractivity contribution in [3.8, 4) is 22.5 Å². The first kappa shape index (κ1) is 25.7. The molecule has 38 heavy (non-hydrogen) atoms. The number of hydrogen-bond donors (Lipinski definition) is 1. The van der Waals surface area contributed by atoms with Crippen LogP contribution in [0, 0.1) is 0 Å². The SMILES string of the molecule is CCCC1=NC(CC)=C(C(=O)N2CCOCC2)CN1Cc1ccc(-c2ccccc2)c(-c2noc(=O)[nH]2)c1. The maximum atomic E-state index is 13.5. The largest absolute Gasteiger partial charge is 0.439 e. The molecule has 0 aliphatic carbocycles. The van der Waals surface area contributed by atoms with Gasteiger partial charge in [0.2, 0.25) is 0 Å². The molecule has 0 saturated carbocycles. The number of morpholine rings is 1. The van der Waals surface area contributed by atoms with Crippen LogP contribution >= 0.6 is 0 Å². The van der Waals surface area contributed by atoms with Gasteiger partial charge in [-0.1, -0.05) is 61.5 Å². The Hall–Kier alpha value is -3.98. The van der Waals surface area contributed by atoms with E-state index in [1.54, 1.807) is 0 Å². The second kappa shape index (κ2) is 11.6. The third-order valence-corrected chi connectivity index (χ3v) is 6.93. The fourth-order valence-corrected chi connectivity index (χ4v) is 5.01. The Labute approximate surface area is 221 Å². The molecule has 0 spiro atoms. The molecular formula is C29H33N5O4. The standard InChI is InChI=1S/C29H33N5O4/c1-3-8-26-30-25(4-2)24(28(35)33-13-15-37-16-14-33)19-34(26)18-20-11-12-22(21-9-6-5-7-10-21)23(17-20)27-31-29(36)38-32-27/h5-7,9-12,17H,3-4,8,13-16,18-19H2,1-2H3,(H,31,32,36). The molecule has 9 heteroatoms. The van der Waals surface area contributed by atoms with Crippen molar-refractivity contribution in [3.05, 3.63) is 75.9 Å². The number of nitrogens with one attached hydrogen (secondary N) is 1. The minimum Gasteiger partial charge on any atom is -0.378 e. The normalized spacial score (nSPS) is 16.1. The van der Waals surface area contributed by atoms with Crippen LogP contribution in [0.2, 0.25) is 0 Å². The van der Waals surface area contributed by atoms with Crippen LogP contribution in [0.1, 0.15) is 38.7 Å². The molecule has 1 saturated heterocycles. The molecule has 0 bridgehead atoms. The molecule has 3 aromatic rings. The number of carbonyl (C=O) groups excluding carboxylic acids is 1. The Morgan fingerprint density at radius 3 is 2.53 bits per heavy atom. The first-order chi connectivity index (χ1) is 18.6. The lowest BCUT2D eigenvalue weighted by Gasteiger charge is -2.35. The van der Waals surface area contributed by atoms with Gasteiger partial charge >= 0.3 is 5.76 Å². The second-order valence-electron chi connectivity index (χ2n) is 9.51. The van der Waals surface area contributed by atoms with Gasteiger partial charge in [0.05, 0.1) is 31.0 Å². The van der Waals surface area contributed by atoms with E-state index in [1.165, 1.54) is 0 Å². The summed E-state index contributed by atoms with van der Waals surface area (Å²) in [5, 5.41) is 3.96. The maximum absolute atomic E-state index is 13.5. The number of allylic oxidation sites excluding steroid dienone is 1. The number of nitrogens with zero attached hydrogens (tertiary/aromatic N) is 4. The van der Waals surface area contributed by atoms with Gasteiger partial charge in [-0.25, -0.2) is 9.79 Å². The van der Waals surface area contributed by atoms with Crippen LogP contribution in [0.4, 0.5) is 0 Å². The van der Waals surface area contributed by atoms with Gasteiger partial charge in [-0.3, -0.25) is 14.3 Å². The number of H-pyrrole nitrogens is 1. The zero-order valence-corrected chi connectivity index (χ0v) is 21.9. The highest BCUT2D eigenvalue weighted by atomic mass is 16.5. The van der Waals surface area contributed by atoms with E-state index < -0.39 is 5.76 Å². The van der Waals surface area contributed by atoms with E-state index in [-0.39, 0.29) is 5.91 Å². The fourth-order valence-electron chi connectivity index (χ4n) is 5.01. The van der Waals surface area contributed by atoms with Gasteiger partial charge in [-0.2, -0.15) is 0 Å². The number of aliphatic imine (C=N–C) groups is 1. The van der Waals surface area contributed by atoms with E-state index in [0.717, 1.165) is 52.2 Å². The van der Waals surface area contributed by atoms with Crippen LogP contribution in [0.5, 0.6) is 0 Å². The van der Waals surface area contributed by atoms with Gasteiger partial charge in [-0.15, -0.1) is 0 Å². The van der Waals surface area contributed by atoms with Crippen molar-refractivity contribution in [2.24, 2.45) is 4.99 Å². The molecule has 1 amide bonds. The van der Waals surface area contributed by atoms with Crippen LogP contribution in [-0.2, 0) is 16.1 Å². The Morgan fingerprint density at radius 2 is 1.84 bits per heavy atom. The van der Waals surface area contributed by atoms with Crippen LogP contribution in [-0.4, -0.2) is 64.5 Å². The topological polar surface area (TPSA) is 104 Å². The van der Waals surface area contributed by atoms with Crippen LogP contribution < -0.4 is 5.76 Å². The summed E-state index contributed by atoms with van der Waals surface area (Å²) in [6, 6.07) is 16.1. The van der Waals surface area contributed by atoms with Gasteiger partial charge in [0.1, 0.15) is 5.84 Å². The van der Waals surface area contributed by atoms with Gasteiger partial charge in [0.25, 0.3) is 5.91 Å². The van der Waals surface area contributed by atoms with E-state index in [0.29, 0.717) is 51.6 Å². The summed E-state index contributed by atoms with van der Waals surface area (Å²) in [5.41, 5.74) is 5.39. The van der Waals surface area contributed by atoms with Crippen molar-refractivity contribution in [1.29, 1.82) is 0 Å². The lowest BCUT2D eigenvalue weighted by atomic mass is 9.96. The number of rotatable bonds is 8. The van der Waals surface area contributed by atoms with Crippen LogP contribution in [0.3, 0.4) is 0 Å². The maximum Gasteiger partial charge on any atom is 0.439 e. The highest BCUT2D eigenvalue weighted by molar-refractivity contribution is 5.98. The minimum atomic E-state index is -0.596. The van der Waals surface area contributed by atoms with E-state index >= 15 is 0 Å². The Bertz CT molecular complexity index is 1400. The zero-order chi connectivity index (χ0) is 26.5. The van der Waals surface area contributed by atoms with Crippen molar-refractivity contribution >= 4 is 11.7 Å². The highest BCUT2D eigenvalue weighted by Crippen LogP contribution is 2.32. The van der Waals surface area contributed by atoms with E-state index in [9.17, 15) is 9.59 Å². The predicted octanol–water partition coefficient (Wildman–Crippen LogP) is 4.23. The van der Waals surface area contributed by atoms with Crippen molar-refractivity contribution in [1.82, 2.24) is 19.9 Å².